The maximum Gasteiger partial charge on any atom is 0.153 e. The molecular weight excluding hydrogens is 440 g/mol. The van der Waals surface area contributed by atoms with Crippen molar-refractivity contribution in [1.29, 1.82) is 0 Å². The minimum Gasteiger partial charge on any atom is -0.397 e. The number of hydrogen-bond donors (Lipinski definition) is 1. The van der Waals surface area contributed by atoms with Crippen LogP contribution in [0.4, 0.5) is 0 Å². The van der Waals surface area contributed by atoms with E-state index in [4.69, 9.17) is 21.4 Å². The minimum atomic E-state index is 0.250. The van der Waals surface area contributed by atoms with Crippen molar-refractivity contribution in [3.8, 4) is 0 Å². The third-order valence-corrected chi connectivity index (χ3v) is 4.95. The molecule has 1 saturated heterocycles. The van der Waals surface area contributed by atoms with Crippen LogP contribution in [0, 0.1) is 13.8 Å². The fraction of sp³-hybridized carbons (Fsp3) is 0.500. The Morgan fingerprint density at radius 2 is 1.55 bits per heavy atom. The van der Waals surface area contributed by atoms with Crippen LogP contribution in [0.15, 0.2) is 36.7 Å². The molecule has 1 fully saturated rings. The van der Waals surface area contributed by atoms with E-state index in [1.807, 2.05) is 49.0 Å². The smallest absolute Gasteiger partial charge is 0.153 e. The molecule has 5 heterocycles. The number of nitrogens with zero attached hydrogens (tertiary/aromatic N) is 6. The monoisotopic (exact) mass is 474 g/mol. The lowest BCUT2D eigenvalue weighted by atomic mass is 10.2. The second-order valence-corrected chi connectivity index (χ2v) is 7.95. The molecule has 4 aromatic heterocycles. The highest BCUT2D eigenvalue weighted by Gasteiger charge is 2.11. The third kappa shape index (κ3) is 8.72. The van der Waals surface area contributed by atoms with Gasteiger partial charge >= 0.3 is 0 Å². The highest BCUT2D eigenvalue weighted by atomic mass is 35.5. The first-order chi connectivity index (χ1) is 15.9. The molecule has 1 unspecified atom stereocenters. The molecule has 4 aromatic rings. The van der Waals surface area contributed by atoms with Crippen molar-refractivity contribution in [2.24, 2.45) is 0 Å². The molecule has 9 heteroatoms. The summed E-state index contributed by atoms with van der Waals surface area (Å²) in [6.07, 6.45) is 9.10. The van der Waals surface area contributed by atoms with E-state index < -0.39 is 0 Å². The summed E-state index contributed by atoms with van der Waals surface area (Å²) in [5.41, 5.74) is 4.80. The summed E-state index contributed by atoms with van der Waals surface area (Å²) in [5, 5.41) is 16.4. The summed E-state index contributed by atoms with van der Waals surface area (Å²) in [5.74, 6) is 0. The lowest BCUT2D eigenvalue weighted by Crippen LogP contribution is -2.00. The van der Waals surface area contributed by atoms with E-state index in [1.165, 1.54) is 19.3 Å². The normalized spacial score (nSPS) is 14.7. The highest BCUT2D eigenvalue weighted by molar-refractivity contribution is 6.29. The largest absolute Gasteiger partial charge is 0.397 e. The molecule has 1 N–H and O–H groups in total. The fourth-order valence-corrected chi connectivity index (χ4v) is 3.32. The topological polar surface area (TPSA) is 89.8 Å². The second-order valence-electron chi connectivity index (χ2n) is 7.56. The number of aromatic nitrogens is 6. The average Bonchev–Trinajstić information content (AvgIpc) is 3.52. The molecule has 0 aliphatic carbocycles. The Morgan fingerprint density at radius 1 is 0.970 bits per heavy atom. The number of aliphatic hydroxyl groups is 1. The van der Waals surface area contributed by atoms with Gasteiger partial charge in [-0.05, 0) is 70.7 Å². The first-order valence-electron chi connectivity index (χ1n) is 11.4. The number of ether oxygens (including phenoxy) is 1. The maximum atomic E-state index is 7.57. The van der Waals surface area contributed by atoms with Crippen LogP contribution in [0.3, 0.4) is 0 Å². The van der Waals surface area contributed by atoms with Crippen LogP contribution < -0.4 is 0 Å². The summed E-state index contributed by atoms with van der Waals surface area (Å²) < 4.78 is 8.79. The Bertz CT molecular complexity index is 1100. The molecule has 0 spiro atoms. The van der Waals surface area contributed by atoms with Gasteiger partial charge in [-0.15, -0.1) is 0 Å². The van der Waals surface area contributed by atoms with Crippen molar-refractivity contribution < 1.29 is 9.84 Å². The van der Waals surface area contributed by atoms with E-state index in [9.17, 15) is 0 Å². The number of fused-ring (bicyclic) bond motifs is 2. The molecule has 8 nitrogen and oxygen atoms in total. The van der Waals surface area contributed by atoms with Crippen LogP contribution in [0.2, 0.25) is 5.15 Å². The van der Waals surface area contributed by atoms with Gasteiger partial charge in [0.15, 0.2) is 11.3 Å². The second kappa shape index (κ2) is 13.9. The average molecular weight is 475 g/mol. The quantitative estimate of drug-likeness (QED) is 0.446. The van der Waals surface area contributed by atoms with Crippen LogP contribution in [0.5, 0.6) is 0 Å². The van der Waals surface area contributed by atoms with Crippen LogP contribution in [0.1, 0.15) is 57.1 Å². The van der Waals surface area contributed by atoms with Crippen molar-refractivity contribution in [1.82, 2.24) is 29.2 Å². The van der Waals surface area contributed by atoms with Crippen LogP contribution in [0.25, 0.3) is 11.3 Å². The first kappa shape index (κ1) is 26.7. The van der Waals surface area contributed by atoms with Gasteiger partial charge in [0.1, 0.15) is 5.15 Å². The summed E-state index contributed by atoms with van der Waals surface area (Å²) in [6.45, 7) is 11.1. The van der Waals surface area contributed by atoms with Crippen molar-refractivity contribution in [3.05, 3.63) is 58.9 Å². The first-order valence-corrected chi connectivity index (χ1v) is 11.8. The van der Waals surface area contributed by atoms with E-state index in [-0.39, 0.29) is 6.61 Å². The highest BCUT2D eigenvalue weighted by Crippen LogP contribution is 2.13. The number of halogens is 1. The van der Waals surface area contributed by atoms with Gasteiger partial charge < -0.3 is 9.84 Å². The molecule has 0 aromatic carbocycles. The Hall–Kier alpha value is -2.55. The van der Waals surface area contributed by atoms with Crippen LogP contribution in [-0.4, -0.2) is 53.6 Å². The SMILES string of the molecule is CCC1CCCO1.CCO.CCc1ccc2nc(C)cn2n1.Cc1cn2nc(Cl)ccc2n1. The Morgan fingerprint density at radius 3 is 2.03 bits per heavy atom. The number of imidazole rings is 2. The molecule has 1 aliphatic heterocycles. The van der Waals surface area contributed by atoms with E-state index >= 15 is 0 Å². The van der Waals surface area contributed by atoms with E-state index in [2.05, 4.69) is 34.0 Å². The van der Waals surface area contributed by atoms with Crippen LogP contribution in [-0.2, 0) is 11.2 Å². The summed E-state index contributed by atoms with van der Waals surface area (Å²) in [4.78, 5) is 8.49. The van der Waals surface area contributed by atoms with Gasteiger partial charge in [0.05, 0.1) is 35.6 Å². The maximum absolute atomic E-state index is 7.57. The molecule has 1 aliphatic rings. The molecule has 180 valence electrons. The summed E-state index contributed by atoms with van der Waals surface area (Å²) in [6, 6.07) is 7.58. The molecule has 0 radical (unpaired) electrons. The number of rotatable bonds is 2. The fourth-order valence-electron chi connectivity index (χ4n) is 3.17. The lowest BCUT2D eigenvalue weighted by Gasteiger charge is -2.01. The lowest BCUT2D eigenvalue weighted by molar-refractivity contribution is 0.108. The molecule has 0 amide bonds. The third-order valence-electron chi connectivity index (χ3n) is 4.75. The zero-order valence-corrected chi connectivity index (χ0v) is 21.0. The zero-order chi connectivity index (χ0) is 24.2. The predicted octanol–water partition coefficient (Wildman–Crippen LogP) is 4.87. The van der Waals surface area contributed by atoms with Crippen molar-refractivity contribution in [3.63, 3.8) is 0 Å². The molecule has 33 heavy (non-hydrogen) atoms. The zero-order valence-electron chi connectivity index (χ0n) is 20.2. The molecule has 5 rings (SSSR count). The van der Waals surface area contributed by atoms with Gasteiger partial charge in [0, 0.05) is 13.2 Å². The van der Waals surface area contributed by atoms with E-state index in [0.29, 0.717) is 11.3 Å². The van der Waals surface area contributed by atoms with Gasteiger partial charge in [-0.3, -0.25) is 0 Å². The van der Waals surface area contributed by atoms with Gasteiger partial charge in [-0.2, -0.15) is 10.2 Å². The van der Waals surface area contributed by atoms with Gasteiger partial charge in [-0.1, -0.05) is 25.4 Å². The Kier molecular flexibility index (Phi) is 11.2. The number of hydrogen-bond acceptors (Lipinski definition) is 6. The molecule has 1 atom stereocenters. The van der Waals surface area contributed by atoms with Crippen molar-refractivity contribution >= 4 is 22.9 Å². The predicted molar refractivity (Wildman–Crippen MR) is 132 cm³/mol. The molecular formula is C24H35ClN6O2. The Balaban J connectivity index is 0.000000170. The Labute approximate surface area is 200 Å². The number of aryl methyl sites for hydroxylation is 3. The standard InChI is InChI=1S/C9H11N3.C7H6ClN3.C6H12O.C2H6O/c1-3-8-4-5-9-10-7(2)6-12(9)11-8;1-5-4-11-7(9-5)3-2-6(8)10-11;1-2-6-4-3-5-7-6;1-2-3/h4-6H,3H2,1-2H3;2-4H,1H3;6H,2-5H2,1H3;3H,2H2,1H3. The molecule has 0 bridgehead atoms. The van der Waals surface area contributed by atoms with Crippen molar-refractivity contribution in [2.45, 2.75) is 66.4 Å². The van der Waals surface area contributed by atoms with Crippen molar-refractivity contribution in [2.75, 3.05) is 13.2 Å². The number of aliphatic hydroxyl groups excluding tert-OH is 1. The summed E-state index contributed by atoms with van der Waals surface area (Å²) in [7, 11) is 0. The minimum absolute atomic E-state index is 0.250. The van der Waals surface area contributed by atoms with Crippen LogP contribution >= 0.6 is 11.6 Å². The van der Waals surface area contributed by atoms with Gasteiger partial charge in [0.25, 0.3) is 0 Å². The van der Waals surface area contributed by atoms with E-state index in [0.717, 1.165) is 41.4 Å². The van der Waals surface area contributed by atoms with E-state index in [1.54, 1.807) is 17.5 Å². The summed E-state index contributed by atoms with van der Waals surface area (Å²) >= 11 is 5.67. The van der Waals surface area contributed by atoms with Gasteiger partial charge in [-0.25, -0.2) is 19.0 Å². The molecule has 0 saturated carbocycles. The van der Waals surface area contributed by atoms with Gasteiger partial charge in [0.2, 0.25) is 0 Å².